The standard InChI is InChI=1S/C6H7N3S/c1-7-6(10)5-4-8-2-3-9-5/h2-4H,1H3,(H,7,10). The van der Waals surface area contributed by atoms with E-state index in [1.54, 1.807) is 25.6 Å². The lowest BCUT2D eigenvalue weighted by Crippen LogP contribution is -2.17. The normalized spacial score (nSPS) is 8.90. The van der Waals surface area contributed by atoms with E-state index < -0.39 is 0 Å². The molecule has 0 aliphatic carbocycles. The number of thiocarbonyl (C=S) groups is 1. The molecule has 0 amide bonds. The largest absolute Gasteiger partial charge is 0.378 e. The molecule has 0 fully saturated rings. The van der Waals surface area contributed by atoms with Gasteiger partial charge in [-0.2, -0.15) is 0 Å². The van der Waals surface area contributed by atoms with Crippen molar-refractivity contribution in [3.05, 3.63) is 24.3 Å². The topological polar surface area (TPSA) is 37.8 Å². The molecule has 3 nitrogen and oxygen atoms in total. The molecule has 0 saturated carbocycles. The molecule has 0 aliphatic heterocycles. The molecule has 1 heterocycles. The van der Waals surface area contributed by atoms with Crippen LogP contribution in [0.3, 0.4) is 0 Å². The Morgan fingerprint density at radius 2 is 2.40 bits per heavy atom. The van der Waals surface area contributed by atoms with Crippen LogP contribution in [0.25, 0.3) is 0 Å². The molecule has 1 aromatic heterocycles. The van der Waals surface area contributed by atoms with Gasteiger partial charge in [-0.1, -0.05) is 12.2 Å². The highest BCUT2D eigenvalue weighted by molar-refractivity contribution is 7.80. The fraction of sp³-hybridized carbons (Fsp3) is 0.167. The van der Waals surface area contributed by atoms with Crippen LogP contribution in [-0.2, 0) is 0 Å². The van der Waals surface area contributed by atoms with Gasteiger partial charge in [0, 0.05) is 19.4 Å². The second-order valence-corrected chi connectivity index (χ2v) is 2.08. The van der Waals surface area contributed by atoms with Crippen LogP contribution in [0.2, 0.25) is 0 Å². The van der Waals surface area contributed by atoms with Gasteiger partial charge >= 0.3 is 0 Å². The maximum Gasteiger partial charge on any atom is 0.126 e. The van der Waals surface area contributed by atoms with E-state index in [0.29, 0.717) is 10.7 Å². The van der Waals surface area contributed by atoms with Gasteiger partial charge in [0.15, 0.2) is 0 Å². The third-order valence-electron chi connectivity index (χ3n) is 1.02. The minimum atomic E-state index is 0.619. The van der Waals surface area contributed by atoms with Crippen molar-refractivity contribution >= 4 is 17.2 Å². The molecule has 0 aromatic carbocycles. The van der Waals surface area contributed by atoms with Gasteiger partial charge in [-0.3, -0.25) is 9.97 Å². The molecule has 10 heavy (non-hydrogen) atoms. The predicted molar refractivity (Wildman–Crippen MR) is 42.8 cm³/mol. The molecular formula is C6H7N3S. The van der Waals surface area contributed by atoms with Crippen molar-refractivity contribution in [3.63, 3.8) is 0 Å². The van der Waals surface area contributed by atoms with Gasteiger partial charge in [-0.25, -0.2) is 0 Å². The molecule has 0 saturated heterocycles. The van der Waals surface area contributed by atoms with Gasteiger partial charge in [-0.05, 0) is 0 Å². The number of hydrogen-bond acceptors (Lipinski definition) is 3. The first-order valence-corrected chi connectivity index (χ1v) is 3.23. The number of nitrogens with one attached hydrogen (secondary N) is 1. The summed E-state index contributed by atoms with van der Waals surface area (Å²) in [6, 6.07) is 0. The monoisotopic (exact) mass is 153 g/mol. The molecule has 0 bridgehead atoms. The summed E-state index contributed by atoms with van der Waals surface area (Å²) >= 11 is 4.91. The van der Waals surface area contributed by atoms with Crippen LogP contribution in [0, 0.1) is 0 Å². The van der Waals surface area contributed by atoms with Crippen LogP contribution in [0.1, 0.15) is 5.69 Å². The van der Waals surface area contributed by atoms with Gasteiger partial charge in [0.2, 0.25) is 0 Å². The average Bonchev–Trinajstić information content (AvgIpc) is 2.05. The van der Waals surface area contributed by atoms with E-state index in [1.807, 2.05) is 0 Å². The Kier molecular flexibility index (Phi) is 2.28. The van der Waals surface area contributed by atoms with E-state index in [4.69, 9.17) is 12.2 Å². The Labute approximate surface area is 64.5 Å². The van der Waals surface area contributed by atoms with Crippen molar-refractivity contribution in [1.82, 2.24) is 15.3 Å². The minimum Gasteiger partial charge on any atom is -0.378 e. The van der Waals surface area contributed by atoms with Crippen LogP contribution in [0.15, 0.2) is 18.6 Å². The second kappa shape index (κ2) is 3.22. The van der Waals surface area contributed by atoms with E-state index in [1.165, 1.54) is 0 Å². The van der Waals surface area contributed by atoms with Crippen LogP contribution in [-0.4, -0.2) is 22.0 Å². The maximum absolute atomic E-state index is 4.91. The van der Waals surface area contributed by atoms with Gasteiger partial charge < -0.3 is 5.32 Å². The second-order valence-electron chi connectivity index (χ2n) is 1.67. The van der Waals surface area contributed by atoms with Crippen LogP contribution in [0.5, 0.6) is 0 Å². The molecule has 0 atom stereocenters. The van der Waals surface area contributed by atoms with Crippen molar-refractivity contribution in [3.8, 4) is 0 Å². The molecule has 0 spiro atoms. The lowest BCUT2D eigenvalue weighted by Gasteiger charge is -1.98. The summed E-state index contributed by atoms with van der Waals surface area (Å²) in [5, 5.41) is 2.81. The Balaban J connectivity index is 2.85. The van der Waals surface area contributed by atoms with Gasteiger partial charge in [0.25, 0.3) is 0 Å². The van der Waals surface area contributed by atoms with E-state index in [9.17, 15) is 0 Å². The van der Waals surface area contributed by atoms with Gasteiger partial charge in [-0.15, -0.1) is 0 Å². The molecule has 1 rings (SSSR count). The summed E-state index contributed by atoms with van der Waals surface area (Å²) in [5.74, 6) is 0. The van der Waals surface area contributed by atoms with E-state index in [-0.39, 0.29) is 0 Å². The molecule has 52 valence electrons. The highest BCUT2D eigenvalue weighted by Gasteiger charge is 1.96. The Bertz CT molecular complexity index is 222. The number of hydrogen-bond donors (Lipinski definition) is 1. The predicted octanol–water partition coefficient (Wildman–Crippen LogP) is 0.371. The molecule has 0 aliphatic rings. The third kappa shape index (κ3) is 1.48. The summed E-state index contributed by atoms with van der Waals surface area (Å²) in [6.07, 6.45) is 4.85. The molecule has 0 unspecified atom stereocenters. The van der Waals surface area contributed by atoms with Crippen molar-refractivity contribution in [2.24, 2.45) is 0 Å². The van der Waals surface area contributed by atoms with Crippen molar-refractivity contribution in [2.45, 2.75) is 0 Å². The zero-order valence-electron chi connectivity index (χ0n) is 5.53. The van der Waals surface area contributed by atoms with Crippen molar-refractivity contribution in [2.75, 3.05) is 7.05 Å². The number of rotatable bonds is 1. The first-order chi connectivity index (χ1) is 4.84. The van der Waals surface area contributed by atoms with Gasteiger partial charge in [0.1, 0.15) is 10.7 Å². The van der Waals surface area contributed by atoms with Crippen molar-refractivity contribution < 1.29 is 0 Å². The first kappa shape index (κ1) is 7.08. The molecule has 0 radical (unpaired) electrons. The third-order valence-corrected chi connectivity index (χ3v) is 1.44. The lowest BCUT2D eigenvalue weighted by molar-refractivity contribution is 1.13. The summed E-state index contributed by atoms with van der Waals surface area (Å²) in [6.45, 7) is 0. The van der Waals surface area contributed by atoms with E-state index >= 15 is 0 Å². The zero-order chi connectivity index (χ0) is 7.40. The Hall–Kier alpha value is -1.03. The summed E-state index contributed by atoms with van der Waals surface area (Å²) in [4.78, 5) is 8.47. The minimum absolute atomic E-state index is 0.619. The molecule has 1 N–H and O–H groups in total. The number of aromatic nitrogens is 2. The van der Waals surface area contributed by atoms with Crippen LogP contribution < -0.4 is 5.32 Å². The zero-order valence-corrected chi connectivity index (χ0v) is 6.35. The fourth-order valence-corrected chi connectivity index (χ4v) is 0.650. The Morgan fingerprint density at radius 3 is 2.90 bits per heavy atom. The smallest absolute Gasteiger partial charge is 0.126 e. The van der Waals surface area contributed by atoms with Crippen LogP contribution >= 0.6 is 12.2 Å². The molecular weight excluding hydrogens is 146 g/mol. The SMILES string of the molecule is CNC(=S)c1cnccn1. The maximum atomic E-state index is 4.91. The Morgan fingerprint density at radius 1 is 1.60 bits per heavy atom. The first-order valence-electron chi connectivity index (χ1n) is 2.82. The number of nitrogens with zero attached hydrogens (tertiary/aromatic N) is 2. The highest BCUT2D eigenvalue weighted by Crippen LogP contribution is 1.89. The average molecular weight is 153 g/mol. The quantitative estimate of drug-likeness (QED) is 0.592. The fourth-order valence-electron chi connectivity index (χ4n) is 0.544. The summed E-state index contributed by atoms with van der Waals surface area (Å²) < 4.78 is 0. The molecule has 4 heteroatoms. The summed E-state index contributed by atoms with van der Waals surface area (Å²) in [5.41, 5.74) is 0.708. The van der Waals surface area contributed by atoms with E-state index in [0.717, 1.165) is 0 Å². The molecule has 1 aromatic rings. The summed E-state index contributed by atoms with van der Waals surface area (Å²) in [7, 11) is 1.76. The van der Waals surface area contributed by atoms with Crippen LogP contribution in [0.4, 0.5) is 0 Å². The van der Waals surface area contributed by atoms with Crippen molar-refractivity contribution in [1.29, 1.82) is 0 Å². The lowest BCUT2D eigenvalue weighted by atomic mass is 10.4. The van der Waals surface area contributed by atoms with E-state index in [2.05, 4.69) is 15.3 Å². The van der Waals surface area contributed by atoms with Gasteiger partial charge in [0.05, 0.1) is 6.20 Å². The highest BCUT2D eigenvalue weighted by atomic mass is 32.1.